The number of phenols is 2. The lowest BCUT2D eigenvalue weighted by Gasteiger charge is -2.35. The molecule has 0 saturated carbocycles. The van der Waals surface area contributed by atoms with E-state index in [1.807, 2.05) is 24.3 Å². The van der Waals surface area contributed by atoms with Gasteiger partial charge in [-0.2, -0.15) is 0 Å². The standard InChI is InChI=1S/C30H34O4/c1-29(2,19-5-9-21(31)10-6-19)27-13-14-28(30(3,4)20-7-11-22(32)12-8-20)26(16-24-18-34-24)25(27)15-23-17-33-23/h5-14,23-24,31-32H,15-18H2,1-4H3. The lowest BCUT2D eigenvalue weighted by atomic mass is 9.69. The van der Waals surface area contributed by atoms with E-state index in [1.54, 1.807) is 24.3 Å². The summed E-state index contributed by atoms with van der Waals surface area (Å²) in [5.74, 6) is 0.562. The third-order valence-corrected chi connectivity index (χ3v) is 7.62. The van der Waals surface area contributed by atoms with Gasteiger partial charge in [0, 0.05) is 23.7 Å². The van der Waals surface area contributed by atoms with E-state index < -0.39 is 0 Å². The molecular weight excluding hydrogens is 424 g/mol. The Morgan fingerprint density at radius 1 is 0.618 bits per heavy atom. The van der Waals surface area contributed by atoms with E-state index in [4.69, 9.17) is 9.47 Å². The molecule has 0 amide bonds. The molecule has 5 rings (SSSR count). The molecular formula is C30H34O4. The topological polar surface area (TPSA) is 65.5 Å². The highest BCUT2D eigenvalue weighted by molar-refractivity contribution is 5.54. The minimum absolute atomic E-state index is 0.238. The number of rotatable bonds is 8. The van der Waals surface area contributed by atoms with Crippen LogP contribution in [0.3, 0.4) is 0 Å². The molecule has 2 unspecified atom stereocenters. The number of phenolic OH excluding ortho intramolecular Hbond substituents is 2. The van der Waals surface area contributed by atoms with Crippen LogP contribution < -0.4 is 0 Å². The van der Waals surface area contributed by atoms with Gasteiger partial charge in [-0.15, -0.1) is 0 Å². The van der Waals surface area contributed by atoms with Crippen LogP contribution in [0.25, 0.3) is 0 Å². The fourth-order valence-electron chi connectivity index (χ4n) is 5.22. The SMILES string of the molecule is CC(C)(c1ccc(O)cc1)c1ccc(C(C)(C)c2ccc(O)cc2)c(CC2CO2)c1CC1CO1. The second-order valence-electron chi connectivity index (χ2n) is 10.8. The number of hydrogen-bond donors (Lipinski definition) is 2. The van der Waals surface area contributed by atoms with E-state index in [0.717, 1.165) is 26.1 Å². The van der Waals surface area contributed by atoms with Gasteiger partial charge in [0.2, 0.25) is 0 Å². The van der Waals surface area contributed by atoms with Crippen molar-refractivity contribution >= 4 is 0 Å². The van der Waals surface area contributed by atoms with Gasteiger partial charge in [-0.25, -0.2) is 0 Å². The summed E-state index contributed by atoms with van der Waals surface area (Å²) in [6.07, 6.45) is 2.30. The average molecular weight is 459 g/mol. The van der Waals surface area contributed by atoms with Crippen molar-refractivity contribution in [1.82, 2.24) is 0 Å². The molecule has 0 bridgehead atoms. The fraction of sp³-hybridized carbons (Fsp3) is 0.400. The molecule has 3 aromatic rings. The zero-order chi connectivity index (χ0) is 24.1. The van der Waals surface area contributed by atoms with E-state index >= 15 is 0 Å². The van der Waals surface area contributed by atoms with Crippen molar-refractivity contribution in [2.45, 2.75) is 63.6 Å². The van der Waals surface area contributed by atoms with Crippen molar-refractivity contribution in [3.05, 3.63) is 94.0 Å². The molecule has 4 nitrogen and oxygen atoms in total. The highest BCUT2D eigenvalue weighted by Crippen LogP contribution is 2.43. The third-order valence-electron chi connectivity index (χ3n) is 7.62. The number of hydrogen-bond acceptors (Lipinski definition) is 4. The second kappa shape index (κ2) is 8.44. The van der Waals surface area contributed by atoms with Crippen LogP contribution in [0.5, 0.6) is 11.5 Å². The third kappa shape index (κ3) is 4.45. The number of epoxide rings is 2. The molecule has 2 N–H and O–H groups in total. The van der Waals surface area contributed by atoms with Gasteiger partial charge in [0.15, 0.2) is 0 Å². The summed E-state index contributed by atoms with van der Waals surface area (Å²) in [7, 11) is 0. The summed E-state index contributed by atoms with van der Waals surface area (Å²) in [5, 5.41) is 19.7. The second-order valence-corrected chi connectivity index (χ2v) is 10.8. The molecule has 0 spiro atoms. The van der Waals surface area contributed by atoms with Crippen molar-refractivity contribution in [2.75, 3.05) is 13.2 Å². The van der Waals surface area contributed by atoms with Crippen LogP contribution in [-0.4, -0.2) is 35.6 Å². The maximum Gasteiger partial charge on any atom is 0.115 e. The first-order chi connectivity index (χ1) is 16.2. The van der Waals surface area contributed by atoms with Gasteiger partial charge >= 0.3 is 0 Å². The lowest BCUT2D eigenvalue weighted by Crippen LogP contribution is -2.27. The van der Waals surface area contributed by atoms with Gasteiger partial charge in [0.25, 0.3) is 0 Å². The Bertz CT molecular complexity index is 1070. The molecule has 2 saturated heterocycles. The van der Waals surface area contributed by atoms with Crippen LogP contribution in [0, 0.1) is 0 Å². The summed E-state index contributed by atoms with van der Waals surface area (Å²) in [5.41, 5.74) is 7.19. The molecule has 0 radical (unpaired) electrons. The van der Waals surface area contributed by atoms with Gasteiger partial charge in [0.1, 0.15) is 11.5 Å². The molecule has 0 aromatic heterocycles. The summed E-state index contributed by atoms with van der Waals surface area (Å²) >= 11 is 0. The lowest BCUT2D eigenvalue weighted by molar-refractivity contribution is 0.399. The summed E-state index contributed by atoms with van der Waals surface area (Å²) in [4.78, 5) is 0. The van der Waals surface area contributed by atoms with E-state index in [0.29, 0.717) is 0 Å². The van der Waals surface area contributed by atoms with Gasteiger partial charge in [-0.1, -0.05) is 64.1 Å². The Hall–Kier alpha value is -2.82. The van der Waals surface area contributed by atoms with E-state index in [9.17, 15) is 10.2 Å². The summed E-state index contributed by atoms with van der Waals surface area (Å²) in [6, 6.07) is 19.7. The molecule has 2 heterocycles. The highest BCUT2D eigenvalue weighted by atomic mass is 16.6. The van der Waals surface area contributed by atoms with Crippen molar-refractivity contribution < 1.29 is 19.7 Å². The quantitative estimate of drug-likeness (QED) is 0.429. The Morgan fingerprint density at radius 2 is 0.941 bits per heavy atom. The maximum absolute atomic E-state index is 9.83. The molecule has 4 heteroatoms. The molecule has 34 heavy (non-hydrogen) atoms. The van der Waals surface area contributed by atoms with E-state index in [-0.39, 0.29) is 34.5 Å². The largest absolute Gasteiger partial charge is 0.508 e. The average Bonchev–Trinajstić information content (AvgIpc) is 3.72. The summed E-state index contributed by atoms with van der Waals surface area (Å²) in [6.45, 7) is 10.7. The number of ether oxygens (including phenoxy) is 2. The van der Waals surface area contributed by atoms with Gasteiger partial charge in [-0.05, 0) is 57.6 Å². The van der Waals surface area contributed by atoms with Gasteiger partial charge in [0.05, 0.1) is 25.4 Å². The smallest absolute Gasteiger partial charge is 0.115 e. The van der Waals surface area contributed by atoms with Gasteiger partial charge < -0.3 is 19.7 Å². The van der Waals surface area contributed by atoms with Crippen molar-refractivity contribution in [1.29, 1.82) is 0 Å². The Morgan fingerprint density at radius 3 is 1.24 bits per heavy atom. The molecule has 0 aliphatic carbocycles. The van der Waals surface area contributed by atoms with E-state index in [1.165, 1.54) is 33.4 Å². The Kier molecular flexibility index (Phi) is 5.70. The molecule has 2 aliphatic rings. The number of aromatic hydroxyl groups is 2. The molecule has 3 aromatic carbocycles. The normalized spacial score (nSPS) is 19.8. The molecule has 2 aliphatic heterocycles. The predicted octanol–water partition coefficient (Wildman–Crippen LogP) is 5.63. The first-order valence-corrected chi connectivity index (χ1v) is 12.1. The van der Waals surface area contributed by atoms with Crippen LogP contribution in [0.2, 0.25) is 0 Å². The van der Waals surface area contributed by atoms with Crippen LogP contribution in [0.4, 0.5) is 0 Å². The Balaban J connectivity index is 1.68. The van der Waals surface area contributed by atoms with E-state index in [2.05, 4.69) is 39.8 Å². The van der Waals surface area contributed by atoms with Crippen molar-refractivity contribution in [2.24, 2.45) is 0 Å². The summed E-state index contributed by atoms with van der Waals surface area (Å²) < 4.78 is 11.4. The van der Waals surface area contributed by atoms with Crippen molar-refractivity contribution in [3.8, 4) is 11.5 Å². The van der Waals surface area contributed by atoms with Crippen molar-refractivity contribution in [3.63, 3.8) is 0 Å². The van der Waals surface area contributed by atoms with Crippen LogP contribution in [0.15, 0.2) is 60.7 Å². The fourth-order valence-corrected chi connectivity index (χ4v) is 5.22. The molecule has 2 atom stereocenters. The van der Waals surface area contributed by atoms with Gasteiger partial charge in [-0.3, -0.25) is 0 Å². The molecule has 2 fully saturated rings. The molecule has 178 valence electrons. The Labute approximate surface area is 202 Å². The van der Waals surface area contributed by atoms with Crippen LogP contribution in [0.1, 0.15) is 61.1 Å². The highest BCUT2D eigenvalue weighted by Gasteiger charge is 2.37. The zero-order valence-electron chi connectivity index (χ0n) is 20.5. The first kappa shape index (κ1) is 22.9. The number of benzene rings is 3. The monoisotopic (exact) mass is 458 g/mol. The predicted molar refractivity (Wildman–Crippen MR) is 134 cm³/mol. The maximum atomic E-state index is 9.83. The minimum Gasteiger partial charge on any atom is -0.508 e. The first-order valence-electron chi connectivity index (χ1n) is 12.1. The van der Waals surface area contributed by atoms with Crippen LogP contribution in [-0.2, 0) is 33.1 Å². The van der Waals surface area contributed by atoms with Crippen LogP contribution >= 0.6 is 0 Å². The minimum atomic E-state index is -0.238. The zero-order valence-corrected chi connectivity index (χ0v) is 20.5.